The molecule has 0 radical (unpaired) electrons. The van der Waals surface area contributed by atoms with E-state index in [1.807, 2.05) is 6.92 Å². The molecule has 2 fully saturated rings. The van der Waals surface area contributed by atoms with Crippen molar-refractivity contribution < 1.29 is 9.90 Å². The second-order valence-electron chi connectivity index (χ2n) is 8.04. The zero-order valence-electron chi connectivity index (χ0n) is 12.9. The first-order chi connectivity index (χ1) is 9.19. The van der Waals surface area contributed by atoms with Crippen molar-refractivity contribution in [1.82, 2.24) is 0 Å². The fraction of sp³-hybridized carbons (Fsp3) is 0.722. The fourth-order valence-corrected chi connectivity index (χ4v) is 5.14. The van der Waals surface area contributed by atoms with Crippen LogP contribution in [-0.4, -0.2) is 16.5 Å². The van der Waals surface area contributed by atoms with Crippen molar-refractivity contribution in [3.05, 3.63) is 24.3 Å². The van der Waals surface area contributed by atoms with Crippen LogP contribution >= 0.6 is 0 Å². The highest BCUT2D eigenvalue weighted by molar-refractivity contribution is 6.05. The van der Waals surface area contributed by atoms with Crippen LogP contribution in [0.5, 0.6) is 0 Å². The summed E-state index contributed by atoms with van der Waals surface area (Å²) in [6.45, 7) is 10.7. The quantitative estimate of drug-likeness (QED) is 0.685. The molecule has 0 aromatic rings. The minimum Gasteiger partial charge on any atom is -0.390 e. The van der Waals surface area contributed by atoms with Crippen molar-refractivity contribution in [3.8, 4) is 0 Å². The number of ketones is 1. The first kappa shape index (κ1) is 14.1. The molecule has 2 heteroatoms. The van der Waals surface area contributed by atoms with Crippen molar-refractivity contribution in [3.63, 3.8) is 0 Å². The maximum Gasteiger partial charge on any atom is 0.181 e. The van der Waals surface area contributed by atoms with Gasteiger partial charge >= 0.3 is 0 Å². The molecule has 3 rings (SSSR count). The molecule has 5 atom stereocenters. The molecule has 0 heterocycles. The van der Waals surface area contributed by atoms with Gasteiger partial charge in [0.25, 0.3) is 0 Å². The summed E-state index contributed by atoms with van der Waals surface area (Å²) in [5.41, 5.74) is 0.390. The van der Waals surface area contributed by atoms with Crippen LogP contribution in [0, 0.1) is 22.7 Å². The molecular formula is C18H26O2. The zero-order chi connectivity index (χ0) is 14.8. The summed E-state index contributed by atoms with van der Waals surface area (Å²) < 4.78 is 0. The molecule has 2 saturated carbocycles. The van der Waals surface area contributed by atoms with Crippen LogP contribution in [0.2, 0.25) is 0 Å². The van der Waals surface area contributed by atoms with Crippen LogP contribution in [0.4, 0.5) is 0 Å². The monoisotopic (exact) mass is 274 g/mol. The molecule has 0 aliphatic heterocycles. The average molecular weight is 274 g/mol. The van der Waals surface area contributed by atoms with Crippen molar-refractivity contribution in [2.45, 2.75) is 58.5 Å². The van der Waals surface area contributed by atoms with Crippen molar-refractivity contribution in [1.29, 1.82) is 0 Å². The van der Waals surface area contributed by atoms with Gasteiger partial charge in [0, 0.05) is 5.41 Å². The maximum atomic E-state index is 12.0. The van der Waals surface area contributed by atoms with Gasteiger partial charge in [-0.25, -0.2) is 0 Å². The minimum atomic E-state index is -0.511. The Morgan fingerprint density at radius 1 is 1.25 bits per heavy atom. The first-order valence-corrected chi connectivity index (χ1v) is 7.83. The molecule has 0 spiro atoms. The maximum absolute atomic E-state index is 12.0. The Kier molecular flexibility index (Phi) is 2.86. The van der Waals surface area contributed by atoms with Crippen molar-refractivity contribution >= 4 is 5.78 Å². The molecule has 3 aliphatic carbocycles. The predicted molar refractivity (Wildman–Crippen MR) is 80.2 cm³/mol. The molecule has 0 saturated heterocycles. The summed E-state index contributed by atoms with van der Waals surface area (Å²) in [4.78, 5) is 12.0. The summed E-state index contributed by atoms with van der Waals surface area (Å²) in [6, 6.07) is 0. The van der Waals surface area contributed by atoms with Gasteiger partial charge < -0.3 is 5.11 Å². The number of allylic oxidation sites excluding steroid dienone is 3. The van der Waals surface area contributed by atoms with E-state index in [0.717, 1.165) is 37.7 Å². The van der Waals surface area contributed by atoms with Gasteiger partial charge in [0.1, 0.15) is 0 Å². The molecule has 3 aliphatic rings. The van der Waals surface area contributed by atoms with Gasteiger partial charge in [-0.1, -0.05) is 26.5 Å². The Bertz CT molecular complexity index is 502. The van der Waals surface area contributed by atoms with Crippen LogP contribution in [0.1, 0.15) is 52.9 Å². The third-order valence-corrected chi connectivity index (χ3v) is 6.66. The molecular weight excluding hydrogens is 248 g/mol. The van der Waals surface area contributed by atoms with E-state index >= 15 is 0 Å². The Morgan fingerprint density at radius 2 is 1.95 bits per heavy atom. The summed E-state index contributed by atoms with van der Waals surface area (Å²) in [7, 11) is 0. The SMILES string of the molecule is C=C1C(=O)C=CC2C1(C)CCC1CC(C)(O)CCC12C. The second kappa shape index (κ2) is 4.07. The van der Waals surface area contributed by atoms with E-state index in [0.29, 0.717) is 11.8 Å². The molecule has 0 aromatic heterocycles. The Balaban J connectivity index is 2.01. The van der Waals surface area contributed by atoms with E-state index in [1.165, 1.54) is 0 Å². The topological polar surface area (TPSA) is 37.3 Å². The van der Waals surface area contributed by atoms with Crippen LogP contribution in [0.15, 0.2) is 24.3 Å². The third-order valence-electron chi connectivity index (χ3n) is 6.66. The van der Waals surface area contributed by atoms with Crippen LogP contribution in [0.3, 0.4) is 0 Å². The summed E-state index contributed by atoms with van der Waals surface area (Å²) in [5, 5.41) is 10.4. The standard InChI is InChI=1S/C18H26O2/c1-12-14(19)5-6-15-17(12,3)8-7-13-11-16(2,20)9-10-18(13,15)4/h5-6,13,15,20H,1,7-11H2,2-4H3. The van der Waals surface area contributed by atoms with E-state index in [4.69, 9.17) is 0 Å². The Hall–Kier alpha value is -0.890. The van der Waals surface area contributed by atoms with Crippen LogP contribution < -0.4 is 0 Å². The lowest BCUT2D eigenvalue weighted by molar-refractivity contribution is -0.124. The predicted octanol–water partition coefficient (Wildman–Crippen LogP) is 3.66. The van der Waals surface area contributed by atoms with Gasteiger partial charge in [-0.05, 0) is 67.9 Å². The van der Waals surface area contributed by atoms with E-state index in [9.17, 15) is 9.90 Å². The molecule has 0 bridgehead atoms. The zero-order valence-corrected chi connectivity index (χ0v) is 12.9. The molecule has 5 unspecified atom stereocenters. The van der Waals surface area contributed by atoms with Crippen molar-refractivity contribution in [2.75, 3.05) is 0 Å². The Labute approximate surface area is 122 Å². The number of carbonyl (C=O) groups is 1. The minimum absolute atomic E-state index is 0.0831. The van der Waals surface area contributed by atoms with Gasteiger partial charge in [-0.15, -0.1) is 0 Å². The normalized spacial score (nSPS) is 51.6. The summed E-state index contributed by atoms with van der Waals surface area (Å²) in [6.07, 6.45) is 8.78. The first-order valence-electron chi connectivity index (χ1n) is 7.83. The molecule has 2 nitrogen and oxygen atoms in total. The Morgan fingerprint density at radius 3 is 2.65 bits per heavy atom. The van der Waals surface area contributed by atoms with E-state index in [2.05, 4.69) is 26.5 Å². The molecule has 0 amide bonds. The lowest BCUT2D eigenvalue weighted by Gasteiger charge is -2.60. The summed E-state index contributed by atoms with van der Waals surface area (Å²) >= 11 is 0. The van der Waals surface area contributed by atoms with E-state index in [-0.39, 0.29) is 16.6 Å². The number of rotatable bonds is 0. The largest absolute Gasteiger partial charge is 0.390 e. The number of aliphatic hydroxyl groups is 1. The van der Waals surface area contributed by atoms with Gasteiger partial charge in [-0.2, -0.15) is 0 Å². The van der Waals surface area contributed by atoms with Crippen LogP contribution in [0.25, 0.3) is 0 Å². The fourth-order valence-electron chi connectivity index (χ4n) is 5.14. The average Bonchev–Trinajstić information content (AvgIpc) is 2.37. The van der Waals surface area contributed by atoms with Gasteiger partial charge in [0.2, 0.25) is 0 Å². The van der Waals surface area contributed by atoms with Crippen molar-refractivity contribution in [2.24, 2.45) is 22.7 Å². The molecule has 20 heavy (non-hydrogen) atoms. The number of hydrogen-bond donors (Lipinski definition) is 1. The highest BCUT2D eigenvalue weighted by Gasteiger charge is 2.57. The van der Waals surface area contributed by atoms with E-state index in [1.54, 1.807) is 6.08 Å². The van der Waals surface area contributed by atoms with E-state index < -0.39 is 5.60 Å². The summed E-state index contributed by atoms with van der Waals surface area (Å²) in [5.74, 6) is 1.04. The molecule has 0 aromatic carbocycles. The molecule has 110 valence electrons. The van der Waals surface area contributed by atoms with Gasteiger partial charge in [0.15, 0.2) is 5.78 Å². The number of hydrogen-bond acceptors (Lipinski definition) is 2. The third kappa shape index (κ3) is 1.77. The number of carbonyl (C=O) groups excluding carboxylic acids is 1. The smallest absolute Gasteiger partial charge is 0.181 e. The lowest BCUT2D eigenvalue weighted by atomic mass is 9.44. The second-order valence-corrected chi connectivity index (χ2v) is 8.04. The number of fused-ring (bicyclic) bond motifs is 3. The van der Waals surface area contributed by atoms with Gasteiger partial charge in [-0.3, -0.25) is 4.79 Å². The lowest BCUT2D eigenvalue weighted by Crippen LogP contribution is -2.55. The van der Waals surface area contributed by atoms with Crippen LogP contribution in [-0.2, 0) is 4.79 Å². The highest BCUT2D eigenvalue weighted by Crippen LogP contribution is 2.63. The highest BCUT2D eigenvalue weighted by atomic mass is 16.3. The molecule has 1 N–H and O–H groups in total. The van der Waals surface area contributed by atoms with Gasteiger partial charge in [0.05, 0.1) is 5.60 Å².